The molecule has 0 radical (unpaired) electrons. The number of aliphatic hydroxyl groups is 1. The predicted molar refractivity (Wildman–Crippen MR) is 76.3 cm³/mol. The number of benzene rings is 1. The van der Waals surface area contributed by atoms with E-state index in [0.717, 1.165) is 0 Å². The summed E-state index contributed by atoms with van der Waals surface area (Å²) in [7, 11) is 1.58. The molecule has 0 aliphatic heterocycles. The van der Waals surface area contributed by atoms with Gasteiger partial charge in [0.1, 0.15) is 11.5 Å². The molecule has 0 amide bonds. The van der Waals surface area contributed by atoms with Crippen LogP contribution >= 0.6 is 0 Å². The summed E-state index contributed by atoms with van der Waals surface area (Å²) < 4.78 is 16.0. The number of hydrogen-bond acceptors (Lipinski definition) is 6. The van der Waals surface area contributed by atoms with Crippen molar-refractivity contribution >= 4 is 0 Å². The molecule has 6 nitrogen and oxygen atoms in total. The molecule has 1 aromatic heterocycles. The van der Waals surface area contributed by atoms with Crippen molar-refractivity contribution < 1.29 is 19.1 Å². The number of aromatic nitrogens is 2. The van der Waals surface area contributed by atoms with Gasteiger partial charge in [-0.15, -0.1) is 0 Å². The molecule has 0 unspecified atom stereocenters. The van der Waals surface area contributed by atoms with Gasteiger partial charge in [0.15, 0.2) is 6.61 Å². The molecule has 0 bridgehead atoms. The summed E-state index contributed by atoms with van der Waals surface area (Å²) in [5.41, 5.74) is 0.684. The zero-order valence-electron chi connectivity index (χ0n) is 12.7. The summed E-state index contributed by atoms with van der Waals surface area (Å²) in [6.45, 7) is 5.81. The minimum absolute atomic E-state index is 0.170. The average Bonchev–Trinajstić information content (AvgIpc) is 2.93. The van der Waals surface area contributed by atoms with Crippen LogP contribution in [0, 0.1) is 0 Å². The lowest BCUT2D eigenvalue weighted by Gasteiger charge is -2.13. The minimum atomic E-state index is -0.637. The molecule has 0 saturated heterocycles. The molecule has 0 saturated carbocycles. The Morgan fingerprint density at radius 1 is 1.29 bits per heavy atom. The third-order valence-electron chi connectivity index (χ3n) is 3.01. The molecule has 114 valence electrons. The van der Waals surface area contributed by atoms with E-state index < -0.39 is 6.10 Å². The zero-order valence-corrected chi connectivity index (χ0v) is 12.7. The van der Waals surface area contributed by atoms with Gasteiger partial charge in [0.25, 0.3) is 0 Å². The second-order valence-electron chi connectivity index (χ2n) is 5.07. The van der Waals surface area contributed by atoms with E-state index in [-0.39, 0.29) is 12.5 Å². The van der Waals surface area contributed by atoms with Crippen molar-refractivity contribution in [3.8, 4) is 11.5 Å². The number of hydrogen-bond donors (Lipinski definition) is 1. The molecule has 0 aliphatic rings. The molecule has 0 spiro atoms. The van der Waals surface area contributed by atoms with E-state index in [1.165, 1.54) is 0 Å². The van der Waals surface area contributed by atoms with Gasteiger partial charge >= 0.3 is 0 Å². The van der Waals surface area contributed by atoms with Gasteiger partial charge in [-0.05, 0) is 19.1 Å². The third-order valence-corrected chi connectivity index (χ3v) is 3.01. The Morgan fingerprint density at radius 2 is 2.05 bits per heavy atom. The first kappa shape index (κ1) is 15.3. The molecule has 1 heterocycles. The smallest absolute Gasteiger partial charge is 0.229 e. The van der Waals surface area contributed by atoms with Crippen LogP contribution in [0.15, 0.2) is 22.7 Å². The lowest BCUT2D eigenvalue weighted by Crippen LogP contribution is -2.03. The maximum Gasteiger partial charge on any atom is 0.229 e. The van der Waals surface area contributed by atoms with Gasteiger partial charge in [-0.1, -0.05) is 19.0 Å². The van der Waals surface area contributed by atoms with Crippen molar-refractivity contribution in [1.82, 2.24) is 10.1 Å². The Hall–Kier alpha value is -2.08. The van der Waals surface area contributed by atoms with Crippen LogP contribution in [-0.2, 0) is 6.61 Å². The Kier molecular flexibility index (Phi) is 4.80. The lowest BCUT2D eigenvalue weighted by atomic mass is 10.1. The summed E-state index contributed by atoms with van der Waals surface area (Å²) in [6, 6.07) is 5.28. The van der Waals surface area contributed by atoms with E-state index in [1.807, 2.05) is 13.8 Å². The van der Waals surface area contributed by atoms with Gasteiger partial charge in [-0.3, -0.25) is 0 Å². The number of aliphatic hydroxyl groups excluding tert-OH is 1. The normalized spacial score (nSPS) is 12.5. The van der Waals surface area contributed by atoms with Crippen LogP contribution in [-0.4, -0.2) is 22.4 Å². The summed E-state index contributed by atoms with van der Waals surface area (Å²) in [5, 5.41) is 13.6. The molecule has 1 atom stereocenters. The van der Waals surface area contributed by atoms with Crippen LogP contribution in [0.3, 0.4) is 0 Å². The number of nitrogens with zero attached hydrogens (tertiary/aromatic N) is 2. The lowest BCUT2D eigenvalue weighted by molar-refractivity contribution is 0.189. The summed E-state index contributed by atoms with van der Waals surface area (Å²) in [6.07, 6.45) is -0.637. The van der Waals surface area contributed by atoms with Crippen molar-refractivity contribution in [2.75, 3.05) is 7.11 Å². The van der Waals surface area contributed by atoms with Crippen LogP contribution in [0.25, 0.3) is 0 Å². The van der Waals surface area contributed by atoms with Gasteiger partial charge in [0, 0.05) is 17.5 Å². The highest BCUT2D eigenvalue weighted by Gasteiger charge is 2.14. The molecule has 6 heteroatoms. The molecule has 1 aromatic carbocycles. The zero-order chi connectivity index (χ0) is 15.4. The van der Waals surface area contributed by atoms with Crippen LogP contribution in [0.5, 0.6) is 11.5 Å². The van der Waals surface area contributed by atoms with Crippen molar-refractivity contribution in [2.24, 2.45) is 0 Å². The second kappa shape index (κ2) is 6.58. The Bertz CT molecular complexity index is 593. The maximum atomic E-state index is 9.77. The average molecular weight is 292 g/mol. The fourth-order valence-corrected chi connectivity index (χ4v) is 1.81. The van der Waals surface area contributed by atoms with Crippen LogP contribution < -0.4 is 9.47 Å². The molecule has 2 rings (SSSR count). The fourth-order valence-electron chi connectivity index (χ4n) is 1.81. The highest BCUT2D eigenvalue weighted by atomic mass is 16.5. The van der Waals surface area contributed by atoms with Crippen LogP contribution in [0.1, 0.15) is 50.1 Å². The van der Waals surface area contributed by atoms with E-state index in [2.05, 4.69) is 10.1 Å². The Balaban J connectivity index is 2.14. The molecule has 21 heavy (non-hydrogen) atoms. The predicted octanol–water partition coefficient (Wildman–Crippen LogP) is 2.83. The quantitative estimate of drug-likeness (QED) is 0.882. The minimum Gasteiger partial charge on any atom is -0.497 e. The first-order valence-electron chi connectivity index (χ1n) is 6.82. The van der Waals surface area contributed by atoms with E-state index in [0.29, 0.717) is 28.8 Å². The van der Waals surface area contributed by atoms with Crippen molar-refractivity contribution in [2.45, 2.75) is 39.4 Å². The highest BCUT2D eigenvalue weighted by Crippen LogP contribution is 2.30. The van der Waals surface area contributed by atoms with Gasteiger partial charge in [0.2, 0.25) is 11.7 Å². The van der Waals surface area contributed by atoms with Gasteiger partial charge in [-0.2, -0.15) is 4.98 Å². The molecule has 2 aromatic rings. The van der Waals surface area contributed by atoms with Crippen molar-refractivity contribution in [1.29, 1.82) is 0 Å². The molecule has 0 aliphatic carbocycles. The first-order chi connectivity index (χ1) is 10.0. The third kappa shape index (κ3) is 3.72. The fraction of sp³-hybridized carbons (Fsp3) is 0.467. The van der Waals surface area contributed by atoms with E-state index in [9.17, 15) is 5.11 Å². The standard InChI is InChI=1S/C15H20N2O4/c1-9(2)15-16-14(17-21-15)8-20-13-7-11(19-4)5-6-12(13)10(3)18/h5-7,9-10,18H,8H2,1-4H3/t10-/m1/s1. The Morgan fingerprint density at radius 3 is 2.62 bits per heavy atom. The molecular weight excluding hydrogens is 272 g/mol. The van der Waals surface area contributed by atoms with E-state index in [1.54, 1.807) is 32.2 Å². The summed E-state index contributed by atoms with van der Waals surface area (Å²) in [4.78, 5) is 4.25. The van der Waals surface area contributed by atoms with E-state index >= 15 is 0 Å². The monoisotopic (exact) mass is 292 g/mol. The van der Waals surface area contributed by atoms with Gasteiger partial charge in [-0.25, -0.2) is 0 Å². The van der Waals surface area contributed by atoms with Crippen molar-refractivity contribution in [3.05, 3.63) is 35.5 Å². The number of rotatable bonds is 6. The molecular formula is C15H20N2O4. The van der Waals surface area contributed by atoms with Crippen molar-refractivity contribution in [3.63, 3.8) is 0 Å². The van der Waals surface area contributed by atoms with Crippen LogP contribution in [0.2, 0.25) is 0 Å². The molecule has 1 N–H and O–H groups in total. The summed E-state index contributed by atoms with van der Waals surface area (Å²) in [5.74, 6) is 2.43. The van der Waals surface area contributed by atoms with E-state index in [4.69, 9.17) is 14.0 Å². The van der Waals surface area contributed by atoms with Crippen LogP contribution in [0.4, 0.5) is 0 Å². The largest absolute Gasteiger partial charge is 0.497 e. The topological polar surface area (TPSA) is 77.6 Å². The van der Waals surface area contributed by atoms with Gasteiger partial charge in [0.05, 0.1) is 13.2 Å². The number of methoxy groups -OCH3 is 1. The highest BCUT2D eigenvalue weighted by molar-refractivity contribution is 5.41. The SMILES string of the molecule is COc1ccc([C@@H](C)O)c(OCc2noc(C(C)C)n2)c1. The second-order valence-corrected chi connectivity index (χ2v) is 5.07. The maximum absolute atomic E-state index is 9.77. The Labute approximate surface area is 123 Å². The van der Waals surface area contributed by atoms with Gasteiger partial charge < -0.3 is 19.1 Å². The first-order valence-corrected chi connectivity index (χ1v) is 6.82. The number of ether oxygens (including phenoxy) is 2. The summed E-state index contributed by atoms with van der Waals surface area (Å²) >= 11 is 0. The molecule has 0 fully saturated rings.